The molecule has 0 aromatic carbocycles. The van der Waals surface area contributed by atoms with E-state index in [0.29, 0.717) is 6.04 Å². The van der Waals surface area contributed by atoms with Crippen molar-refractivity contribution in [1.29, 1.82) is 0 Å². The van der Waals surface area contributed by atoms with E-state index in [9.17, 15) is 4.79 Å². The van der Waals surface area contributed by atoms with Gasteiger partial charge in [0.25, 0.3) is 5.56 Å². The van der Waals surface area contributed by atoms with Crippen molar-refractivity contribution < 1.29 is 0 Å². The zero-order chi connectivity index (χ0) is 14.1. The minimum Gasteiger partial charge on any atom is -0.312 e. The highest BCUT2D eigenvalue weighted by molar-refractivity contribution is 5.46. The van der Waals surface area contributed by atoms with Crippen LogP contribution in [0.1, 0.15) is 18.2 Å². The van der Waals surface area contributed by atoms with E-state index < -0.39 is 0 Å². The van der Waals surface area contributed by atoms with Gasteiger partial charge in [0.2, 0.25) is 0 Å². The summed E-state index contributed by atoms with van der Waals surface area (Å²) in [6.45, 7) is 7.89. The quantitative estimate of drug-likeness (QED) is 0.878. The van der Waals surface area contributed by atoms with Crippen LogP contribution < -0.4 is 10.9 Å². The molecule has 0 bridgehead atoms. The second-order valence-electron chi connectivity index (χ2n) is 5.56. The molecule has 2 aromatic rings. The van der Waals surface area contributed by atoms with Crippen molar-refractivity contribution in [3.05, 3.63) is 46.0 Å². The van der Waals surface area contributed by atoms with Gasteiger partial charge in [-0.25, -0.2) is 4.98 Å². The standard InChI is InChI=1S/C15H20N4O/c1-11-4-3-6-19-14(20)8-13(17-15(11)19)10-18-7-5-16-12(2)9-18/h3-4,6,8,12,16H,5,7,9-10H2,1-2H3/t12-/m0/s1. The SMILES string of the molecule is Cc1cccn2c(=O)cc(CN3CCN[C@@H](C)C3)nc12. The maximum atomic E-state index is 12.1. The van der Waals surface area contributed by atoms with E-state index in [2.05, 4.69) is 22.1 Å². The average Bonchev–Trinajstić information content (AvgIpc) is 2.40. The molecule has 0 spiro atoms. The predicted molar refractivity (Wildman–Crippen MR) is 78.9 cm³/mol. The molecule has 1 atom stereocenters. The molecule has 1 aliphatic heterocycles. The van der Waals surface area contributed by atoms with Crippen LogP contribution in [0.2, 0.25) is 0 Å². The molecule has 106 valence electrons. The van der Waals surface area contributed by atoms with Crippen molar-refractivity contribution in [2.24, 2.45) is 0 Å². The lowest BCUT2D eigenvalue weighted by molar-refractivity contribution is 0.197. The molecule has 0 amide bonds. The Labute approximate surface area is 118 Å². The van der Waals surface area contributed by atoms with Crippen LogP contribution >= 0.6 is 0 Å². The summed E-state index contributed by atoms with van der Waals surface area (Å²) >= 11 is 0. The number of nitrogens with one attached hydrogen (secondary N) is 1. The van der Waals surface area contributed by atoms with Crippen LogP contribution in [0.3, 0.4) is 0 Å². The number of rotatable bonds is 2. The van der Waals surface area contributed by atoms with Crippen LogP contribution in [-0.4, -0.2) is 40.0 Å². The molecule has 20 heavy (non-hydrogen) atoms. The Morgan fingerprint density at radius 1 is 1.50 bits per heavy atom. The monoisotopic (exact) mass is 272 g/mol. The molecule has 2 aromatic heterocycles. The number of aryl methyl sites for hydroxylation is 1. The number of hydrogen-bond acceptors (Lipinski definition) is 4. The predicted octanol–water partition coefficient (Wildman–Crippen LogP) is 0.797. The Bertz CT molecular complexity index is 679. The van der Waals surface area contributed by atoms with Gasteiger partial charge in [-0.15, -0.1) is 0 Å². The van der Waals surface area contributed by atoms with Gasteiger partial charge >= 0.3 is 0 Å². The van der Waals surface area contributed by atoms with E-state index in [1.54, 1.807) is 16.7 Å². The summed E-state index contributed by atoms with van der Waals surface area (Å²) in [6, 6.07) is 6.01. The van der Waals surface area contributed by atoms with Gasteiger partial charge in [0.1, 0.15) is 5.65 Å². The lowest BCUT2D eigenvalue weighted by Crippen LogP contribution is -2.48. The third-order valence-electron chi connectivity index (χ3n) is 3.78. The molecule has 0 aliphatic carbocycles. The van der Waals surface area contributed by atoms with E-state index in [1.807, 2.05) is 19.1 Å². The lowest BCUT2D eigenvalue weighted by Gasteiger charge is -2.31. The van der Waals surface area contributed by atoms with Crippen LogP contribution in [0.25, 0.3) is 5.65 Å². The molecule has 1 aliphatic rings. The Balaban J connectivity index is 1.92. The molecule has 0 unspecified atom stereocenters. The third-order valence-corrected chi connectivity index (χ3v) is 3.78. The highest BCUT2D eigenvalue weighted by Crippen LogP contribution is 2.08. The summed E-state index contributed by atoms with van der Waals surface area (Å²) in [6.07, 6.45) is 1.77. The van der Waals surface area contributed by atoms with E-state index in [-0.39, 0.29) is 5.56 Å². The number of hydrogen-bond donors (Lipinski definition) is 1. The van der Waals surface area contributed by atoms with Crippen molar-refractivity contribution in [2.75, 3.05) is 19.6 Å². The molecule has 1 saturated heterocycles. The molecule has 3 heterocycles. The van der Waals surface area contributed by atoms with Crippen molar-refractivity contribution in [2.45, 2.75) is 26.4 Å². The molecular formula is C15H20N4O. The molecule has 1 N–H and O–H groups in total. The van der Waals surface area contributed by atoms with Crippen LogP contribution in [0, 0.1) is 6.92 Å². The smallest absolute Gasteiger partial charge is 0.258 e. The van der Waals surface area contributed by atoms with Crippen LogP contribution in [0.5, 0.6) is 0 Å². The first-order valence-electron chi connectivity index (χ1n) is 7.07. The van der Waals surface area contributed by atoms with Gasteiger partial charge in [0.05, 0.1) is 5.69 Å². The molecule has 0 saturated carbocycles. The van der Waals surface area contributed by atoms with Crippen LogP contribution in [0.15, 0.2) is 29.2 Å². The number of piperazine rings is 1. The van der Waals surface area contributed by atoms with Gasteiger partial charge in [-0.05, 0) is 25.5 Å². The zero-order valence-corrected chi connectivity index (χ0v) is 12.0. The van der Waals surface area contributed by atoms with Gasteiger partial charge in [0.15, 0.2) is 0 Å². The third kappa shape index (κ3) is 2.59. The minimum absolute atomic E-state index is 0.00289. The molecule has 1 fully saturated rings. The van der Waals surface area contributed by atoms with E-state index in [0.717, 1.165) is 43.1 Å². The topological polar surface area (TPSA) is 49.6 Å². The Morgan fingerprint density at radius 2 is 2.35 bits per heavy atom. The lowest BCUT2D eigenvalue weighted by atomic mass is 10.2. The summed E-state index contributed by atoms with van der Waals surface area (Å²) in [5.74, 6) is 0. The fourth-order valence-electron chi connectivity index (χ4n) is 2.77. The van der Waals surface area contributed by atoms with Crippen molar-refractivity contribution in [3.8, 4) is 0 Å². The Hall–Kier alpha value is -1.72. The summed E-state index contributed by atoms with van der Waals surface area (Å²) < 4.78 is 1.61. The Kier molecular flexibility index (Phi) is 3.54. The minimum atomic E-state index is -0.00289. The number of pyridine rings is 1. The molecular weight excluding hydrogens is 252 g/mol. The van der Waals surface area contributed by atoms with E-state index in [1.165, 1.54) is 0 Å². The largest absolute Gasteiger partial charge is 0.312 e. The van der Waals surface area contributed by atoms with Crippen LogP contribution in [-0.2, 0) is 6.54 Å². The van der Waals surface area contributed by atoms with Gasteiger partial charge in [-0.2, -0.15) is 0 Å². The second kappa shape index (κ2) is 5.34. The van der Waals surface area contributed by atoms with Gasteiger partial charge in [-0.1, -0.05) is 6.07 Å². The average molecular weight is 272 g/mol. The molecule has 0 radical (unpaired) electrons. The molecule has 5 heteroatoms. The summed E-state index contributed by atoms with van der Waals surface area (Å²) in [5, 5.41) is 3.42. The van der Waals surface area contributed by atoms with Gasteiger partial charge < -0.3 is 5.32 Å². The van der Waals surface area contributed by atoms with Crippen molar-refractivity contribution >= 4 is 5.65 Å². The first-order valence-corrected chi connectivity index (χ1v) is 7.07. The highest BCUT2D eigenvalue weighted by Gasteiger charge is 2.16. The van der Waals surface area contributed by atoms with E-state index >= 15 is 0 Å². The summed E-state index contributed by atoms with van der Waals surface area (Å²) in [7, 11) is 0. The maximum Gasteiger partial charge on any atom is 0.258 e. The fraction of sp³-hybridized carbons (Fsp3) is 0.467. The first kappa shape index (κ1) is 13.3. The first-order chi connectivity index (χ1) is 9.63. The summed E-state index contributed by atoms with van der Waals surface area (Å²) in [4.78, 5) is 19.2. The zero-order valence-electron chi connectivity index (χ0n) is 12.0. The van der Waals surface area contributed by atoms with Crippen molar-refractivity contribution in [1.82, 2.24) is 19.6 Å². The van der Waals surface area contributed by atoms with E-state index in [4.69, 9.17) is 0 Å². The highest BCUT2D eigenvalue weighted by atomic mass is 16.1. The van der Waals surface area contributed by atoms with Crippen LogP contribution in [0.4, 0.5) is 0 Å². The summed E-state index contributed by atoms with van der Waals surface area (Å²) in [5.41, 5.74) is 2.65. The second-order valence-corrected chi connectivity index (χ2v) is 5.56. The fourth-order valence-corrected chi connectivity index (χ4v) is 2.77. The van der Waals surface area contributed by atoms with Gasteiger partial charge in [-0.3, -0.25) is 14.1 Å². The molecule has 3 rings (SSSR count). The molecule has 5 nitrogen and oxygen atoms in total. The maximum absolute atomic E-state index is 12.1. The number of nitrogens with zero attached hydrogens (tertiary/aromatic N) is 3. The van der Waals surface area contributed by atoms with Crippen molar-refractivity contribution in [3.63, 3.8) is 0 Å². The Morgan fingerprint density at radius 3 is 3.15 bits per heavy atom. The normalized spacial score (nSPS) is 20.4. The van der Waals surface area contributed by atoms with Gasteiger partial charge in [0, 0.05) is 44.5 Å². The number of fused-ring (bicyclic) bond motifs is 1. The number of aromatic nitrogens is 2.